The Labute approximate surface area is 173 Å². The fourth-order valence-corrected chi connectivity index (χ4v) is 3.14. The molecule has 0 atom stereocenters. The van der Waals surface area contributed by atoms with E-state index in [2.05, 4.69) is 5.16 Å². The lowest BCUT2D eigenvalue weighted by Crippen LogP contribution is -2.36. The van der Waals surface area contributed by atoms with Crippen molar-refractivity contribution < 1.29 is 19.2 Å². The summed E-state index contributed by atoms with van der Waals surface area (Å²) < 4.78 is 0. The van der Waals surface area contributed by atoms with Crippen molar-refractivity contribution in [2.24, 2.45) is 5.16 Å². The van der Waals surface area contributed by atoms with Gasteiger partial charge in [0.15, 0.2) is 5.71 Å². The first-order chi connectivity index (χ1) is 14.5. The highest BCUT2D eigenvalue weighted by Gasteiger charge is 2.39. The average Bonchev–Trinajstić information content (AvgIpc) is 3.03. The van der Waals surface area contributed by atoms with Crippen molar-refractivity contribution in [1.29, 1.82) is 0 Å². The van der Waals surface area contributed by atoms with Gasteiger partial charge in [-0.1, -0.05) is 58.7 Å². The monoisotopic (exact) mass is 398 g/mol. The van der Waals surface area contributed by atoms with Gasteiger partial charge >= 0.3 is 5.97 Å². The molecule has 1 heterocycles. The fourth-order valence-electron chi connectivity index (χ4n) is 3.14. The molecule has 4 rings (SSSR count). The number of hydrogen-bond acceptors (Lipinski definition) is 5. The SMILES string of the molecule is Cc1ccc(C(=O)O/N=C2/C(=O)N(C(=O)c3ccc(C)cc3)c3ccccc32)cc1. The predicted molar refractivity (Wildman–Crippen MR) is 113 cm³/mol. The van der Waals surface area contributed by atoms with Gasteiger partial charge in [0.2, 0.25) is 0 Å². The van der Waals surface area contributed by atoms with Gasteiger partial charge in [0, 0.05) is 11.1 Å². The van der Waals surface area contributed by atoms with Crippen LogP contribution < -0.4 is 4.90 Å². The number of hydrogen-bond donors (Lipinski definition) is 0. The normalized spacial score (nSPS) is 14.0. The Morgan fingerprint density at radius 2 is 1.37 bits per heavy atom. The molecular formula is C24H18N2O4. The van der Waals surface area contributed by atoms with Gasteiger partial charge in [-0.3, -0.25) is 9.59 Å². The predicted octanol–water partition coefficient (Wildman–Crippen LogP) is 4.05. The zero-order chi connectivity index (χ0) is 21.3. The van der Waals surface area contributed by atoms with Crippen LogP contribution in [-0.4, -0.2) is 23.5 Å². The van der Waals surface area contributed by atoms with Gasteiger partial charge in [0.25, 0.3) is 11.8 Å². The van der Waals surface area contributed by atoms with Crippen LogP contribution in [0.25, 0.3) is 0 Å². The first kappa shape index (κ1) is 19.3. The van der Waals surface area contributed by atoms with Crippen LogP contribution >= 0.6 is 0 Å². The molecule has 0 bridgehead atoms. The standard InChI is InChI=1S/C24H18N2O4/c1-15-7-11-17(12-8-15)22(27)26-20-6-4-3-5-19(20)21(23(26)28)25-30-24(29)18-13-9-16(2)10-14-18/h3-14H,1-2H3/b25-21+. The minimum Gasteiger partial charge on any atom is -0.312 e. The van der Waals surface area contributed by atoms with E-state index in [-0.39, 0.29) is 5.71 Å². The van der Waals surface area contributed by atoms with Crippen molar-refractivity contribution in [2.45, 2.75) is 13.8 Å². The first-order valence-corrected chi connectivity index (χ1v) is 9.36. The molecule has 0 aromatic heterocycles. The summed E-state index contributed by atoms with van der Waals surface area (Å²) in [4.78, 5) is 44.4. The number of imide groups is 1. The van der Waals surface area contributed by atoms with Gasteiger partial charge < -0.3 is 4.84 Å². The largest absolute Gasteiger partial charge is 0.365 e. The first-order valence-electron chi connectivity index (χ1n) is 9.36. The van der Waals surface area contributed by atoms with E-state index in [1.807, 2.05) is 13.8 Å². The third-order valence-electron chi connectivity index (χ3n) is 4.81. The molecule has 6 heteroatoms. The van der Waals surface area contributed by atoms with E-state index in [9.17, 15) is 14.4 Å². The number of nitrogens with zero attached hydrogens (tertiary/aromatic N) is 2. The quantitative estimate of drug-likeness (QED) is 0.379. The number of fused-ring (bicyclic) bond motifs is 1. The fraction of sp³-hybridized carbons (Fsp3) is 0.0833. The summed E-state index contributed by atoms with van der Waals surface area (Å²) in [5.74, 6) is -1.79. The summed E-state index contributed by atoms with van der Waals surface area (Å²) in [5.41, 5.74) is 3.44. The van der Waals surface area contributed by atoms with Crippen molar-refractivity contribution >= 4 is 29.2 Å². The smallest absolute Gasteiger partial charge is 0.312 e. The maximum absolute atomic E-state index is 13.0. The summed E-state index contributed by atoms with van der Waals surface area (Å²) in [6.07, 6.45) is 0. The molecule has 30 heavy (non-hydrogen) atoms. The molecule has 6 nitrogen and oxygen atoms in total. The maximum atomic E-state index is 13.0. The highest BCUT2D eigenvalue weighted by molar-refractivity contribution is 6.58. The zero-order valence-corrected chi connectivity index (χ0v) is 16.5. The molecule has 0 saturated carbocycles. The number of rotatable bonds is 3. The average molecular weight is 398 g/mol. The molecular weight excluding hydrogens is 380 g/mol. The molecule has 1 aliphatic rings. The van der Waals surface area contributed by atoms with Gasteiger partial charge in [-0.15, -0.1) is 0 Å². The Balaban J connectivity index is 1.65. The van der Waals surface area contributed by atoms with Crippen molar-refractivity contribution in [3.8, 4) is 0 Å². The van der Waals surface area contributed by atoms with E-state index in [1.54, 1.807) is 72.8 Å². The van der Waals surface area contributed by atoms with Gasteiger partial charge in [-0.2, -0.15) is 0 Å². The van der Waals surface area contributed by atoms with Crippen LogP contribution in [-0.2, 0) is 9.63 Å². The molecule has 0 fully saturated rings. The molecule has 3 aromatic carbocycles. The van der Waals surface area contributed by atoms with Crippen LogP contribution in [0.1, 0.15) is 37.4 Å². The second-order valence-electron chi connectivity index (χ2n) is 7.01. The van der Waals surface area contributed by atoms with Gasteiger partial charge in [0.1, 0.15) is 0 Å². The van der Waals surface area contributed by atoms with Crippen LogP contribution in [0.2, 0.25) is 0 Å². The van der Waals surface area contributed by atoms with Crippen LogP contribution in [0, 0.1) is 13.8 Å². The number of carbonyl (C=O) groups excluding carboxylic acids is 3. The topological polar surface area (TPSA) is 76.0 Å². The molecule has 148 valence electrons. The Morgan fingerprint density at radius 3 is 2.00 bits per heavy atom. The van der Waals surface area contributed by atoms with E-state index in [0.717, 1.165) is 16.0 Å². The minimum absolute atomic E-state index is 0.0912. The summed E-state index contributed by atoms with van der Waals surface area (Å²) in [6.45, 7) is 3.82. The zero-order valence-electron chi connectivity index (χ0n) is 16.5. The van der Waals surface area contributed by atoms with E-state index in [4.69, 9.17) is 4.84 Å². The van der Waals surface area contributed by atoms with E-state index in [1.165, 1.54) is 0 Å². The number of benzene rings is 3. The molecule has 0 radical (unpaired) electrons. The van der Waals surface area contributed by atoms with Gasteiger partial charge in [0.05, 0.1) is 11.3 Å². The van der Waals surface area contributed by atoms with E-state index >= 15 is 0 Å². The molecule has 0 N–H and O–H groups in total. The van der Waals surface area contributed by atoms with Crippen LogP contribution in [0.3, 0.4) is 0 Å². The molecule has 0 unspecified atom stereocenters. The van der Waals surface area contributed by atoms with Crippen molar-refractivity contribution in [1.82, 2.24) is 0 Å². The maximum Gasteiger partial charge on any atom is 0.365 e. The summed E-state index contributed by atoms with van der Waals surface area (Å²) >= 11 is 0. The number of aryl methyl sites for hydroxylation is 2. The van der Waals surface area contributed by atoms with Gasteiger partial charge in [-0.25, -0.2) is 9.69 Å². The second-order valence-corrected chi connectivity index (χ2v) is 7.01. The van der Waals surface area contributed by atoms with Crippen LogP contribution in [0.15, 0.2) is 78.0 Å². The number of carbonyl (C=O) groups is 3. The molecule has 0 saturated heterocycles. The Hall–Kier alpha value is -4.06. The molecule has 1 aliphatic heterocycles. The highest BCUT2D eigenvalue weighted by atomic mass is 16.7. The van der Waals surface area contributed by atoms with Crippen molar-refractivity contribution in [2.75, 3.05) is 4.90 Å². The summed E-state index contributed by atoms with van der Waals surface area (Å²) in [7, 11) is 0. The Bertz CT molecular complexity index is 1180. The Kier molecular flexibility index (Phi) is 4.98. The lowest BCUT2D eigenvalue weighted by molar-refractivity contribution is -0.111. The minimum atomic E-state index is -0.684. The number of amides is 2. The van der Waals surface area contributed by atoms with Gasteiger partial charge in [-0.05, 0) is 44.2 Å². The van der Waals surface area contributed by atoms with E-state index in [0.29, 0.717) is 22.4 Å². The summed E-state index contributed by atoms with van der Waals surface area (Å²) in [5, 5.41) is 3.81. The number of oxime groups is 1. The summed E-state index contributed by atoms with van der Waals surface area (Å²) in [6, 6.07) is 20.5. The van der Waals surface area contributed by atoms with Crippen molar-refractivity contribution in [3.63, 3.8) is 0 Å². The van der Waals surface area contributed by atoms with E-state index < -0.39 is 17.8 Å². The molecule has 3 aromatic rings. The van der Waals surface area contributed by atoms with Crippen LogP contribution in [0.4, 0.5) is 5.69 Å². The molecule has 0 spiro atoms. The lowest BCUT2D eigenvalue weighted by Gasteiger charge is -2.14. The third kappa shape index (κ3) is 3.51. The van der Waals surface area contributed by atoms with Crippen molar-refractivity contribution in [3.05, 3.63) is 101 Å². The molecule has 2 amide bonds. The lowest BCUT2D eigenvalue weighted by atomic mass is 10.1. The highest BCUT2D eigenvalue weighted by Crippen LogP contribution is 2.30. The van der Waals surface area contributed by atoms with Crippen LogP contribution in [0.5, 0.6) is 0 Å². The second kappa shape index (κ2) is 7.75. The third-order valence-corrected chi connectivity index (χ3v) is 4.81. The molecule has 0 aliphatic carbocycles. The number of anilines is 1. The number of para-hydroxylation sites is 1. The Morgan fingerprint density at radius 1 is 0.800 bits per heavy atom.